The fourth-order valence-electron chi connectivity index (χ4n) is 4.69. The Morgan fingerprint density at radius 1 is 1.03 bits per heavy atom. The summed E-state index contributed by atoms with van der Waals surface area (Å²) < 4.78 is 0. The van der Waals surface area contributed by atoms with Crippen LogP contribution in [0.2, 0.25) is 0 Å². The molecule has 1 aliphatic carbocycles. The fraction of sp³-hybridized carbons (Fsp3) is 0.417. The standard InChI is InChI=1S/C24H28N8OS/c33-23(16-1-2-16)26-17-3-5-18(6-4-17)34-24-29-21(13-22(30-24)28-20-7-10-25-31-20)27-19-14-32-11-8-15(19)9-12-32/h3-7,10,13,15-16,19H,1-2,8-9,11-12,14H2,(H,26,33)(H3,25,27,28,29,30,31). The van der Waals surface area contributed by atoms with Crippen molar-refractivity contribution in [2.45, 2.75) is 41.8 Å². The summed E-state index contributed by atoms with van der Waals surface area (Å²) in [7, 11) is 0. The van der Waals surface area contributed by atoms with Gasteiger partial charge in [0.1, 0.15) is 17.5 Å². The number of H-pyrrole nitrogens is 1. The van der Waals surface area contributed by atoms with Crippen molar-refractivity contribution in [3.05, 3.63) is 42.6 Å². The third-order valence-electron chi connectivity index (χ3n) is 6.74. The number of aromatic amines is 1. The molecule has 1 saturated carbocycles. The summed E-state index contributed by atoms with van der Waals surface area (Å²) in [5.74, 6) is 3.31. The van der Waals surface area contributed by atoms with Crippen LogP contribution < -0.4 is 16.0 Å². The van der Waals surface area contributed by atoms with Crippen LogP contribution in [0.5, 0.6) is 0 Å². The number of carbonyl (C=O) groups excluding carboxylic acids is 1. The van der Waals surface area contributed by atoms with Gasteiger partial charge in [-0.2, -0.15) is 5.10 Å². The van der Waals surface area contributed by atoms with E-state index in [4.69, 9.17) is 9.97 Å². The average molecular weight is 477 g/mol. The molecule has 7 rings (SSSR count). The predicted molar refractivity (Wildman–Crippen MR) is 132 cm³/mol. The van der Waals surface area contributed by atoms with Crippen LogP contribution in [0.4, 0.5) is 23.1 Å². The van der Waals surface area contributed by atoms with Crippen molar-refractivity contribution in [1.82, 2.24) is 25.1 Å². The molecule has 34 heavy (non-hydrogen) atoms. The lowest BCUT2D eigenvalue weighted by Gasteiger charge is -2.45. The maximum Gasteiger partial charge on any atom is 0.227 e. The highest BCUT2D eigenvalue weighted by Gasteiger charge is 2.34. The predicted octanol–water partition coefficient (Wildman–Crippen LogP) is 3.95. The molecular formula is C24H28N8OS. The highest BCUT2D eigenvalue weighted by molar-refractivity contribution is 7.99. The van der Waals surface area contributed by atoms with Crippen molar-refractivity contribution in [2.24, 2.45) is 11.8 Å². The highest BCUT2D eigenvalue weighted by Crippen LogP contribution is 2.33. The van der Waals surface area contributed by atoms with Crippen molar-refractivity contribution in [3.63, 3.8) is 0 Å². The lowest BCUT2D eigenvalue weighted by atomic mass is 9.84. The molecule has 9 nitrogen and oxygen atoms in total. The van der Waals surface area contributed by atoms with Crippen molar-refractivity contribution in [3.8, 4) is 0 Å². The van der Waals surface area contributed by atoms with Crippen LogP contribution in [0.15, 0.2) is 52.6 Å². The van der Waals surface area contributed by atoms with Gasteiger partial charge in [0.15, 0.2) is 5.16 Å². The SMILES string of the molecule is O=C(Nc1ccc(Sc2nc(Nc3ccn[nH]3)cc(NC3CN4CCC3CC4)n2)cc1)C1CC1. The number of fused-ring (bicyclic) bond motifs is 3. The van der Waals surface area contributed by atoms with Crippen molar-refractivity contribution >= 4 is 40.8 Å². The molecule has 5 heterocycles. The number of carbonyl (C=O) groups is 1. The smallest absolute Gasteiger partial charge is 0.227 e. The van der Waals surface area contributed by atoms with Crippen LogP contribution in [-0.4, -0.2) is 56.6 Å². The van der Waals surface area contributed by atoms with E-state index in [1.807, 2.05) is 36.4 Å². The number of nitrogens with zero attached hydrogens (tertiary/aromatic N) is 4. The van der Waals surface area contributed by atoms with Gasteiger partial charge in [0.25, 0.3) is 0 Å². The first-order valence-electron chi connectivity index (χ1n) is 11.9. The molecule has 3 saturated heterocycles. The summed E-state index contributed by atoms with van der Waals surface area (Å²) in [6.45, 7) is 3.48. The number of anilines is 4. The number of aromatic nitrogens is 4. The quantitative estimate of drug-likeness (QED) is 0.362. The van der Waals surface area contributed by atoms with Gasteiger partial charge in [0.05, 0.1) is 6.20 Å². The molecule has 1 atom stereocenters. The lowest BCUT2D eigenvalue weighted by Crippen LogP contribution is -2.53. The summed E-state index contributed by atoms with van der Waals surface area (Å²) >= 11 is 1.50. The number of nitrogens with one attached hydrogen (secondary N) is 4. The molecule has 3 aromatic rings. The number of hydrogen-bond acceptors (Lipinski definition) is 8. The van der Waals surface area contributed by atoms with E-state index in [0.29, 0.717) is 22.9 Å². The lowest BCUT2D eigenvalue weighted by molar-refractivity contribution is -0.117. The molecule has 10 heteroatoms. The second-order valence-corrected chi connectivity index (χ2v) is 10.3. The Kier molecular flexibility index (Phi) is 5.84. The van der Waals surface area contributed by atoms with Crippen molar-refractivity contribution < 1.29 is 4.79 Å². The summed E-state index contributed by atoms with van der Waals surface area (Å²) in [5.41, 5.74) is 0.821. The van der Waals surface area contributed by atoms with Gasteiger partial charge in [0.2, 0.25) is 5.91 Å². The first-order chi connectivity index (χ1) is 16.7. The molecule has 1 amide bonds. The first kappa shape index (κ1) is 21.4. The third kappa shape index (κ3) is 5.02. The van der Waals surface area contributed by atoms with Crippen LogP contribution in [0, 0.1) is 11.8 Å². The van der Waals surface area contributed by atoms with Gasteiger partial charge in [0, 0.05) is 41.2 Å². The van der Waals surface area contributed by atoms with E-state index >= 15 is 0 Å². The minimum Gasteiger partial charge on any atom is -0.366 e. The minimum absolute atomic E-state index is 0.116. The van der Waals surface area contributed by atoms with E-state index in [1.54, 1.807) is 6.20 Å². The fourth-order valence-corrected chi connectivity index (χ4v) is 5.46. The number of rotatable bonds is 8. The second kappa shape index (κ2) is 9.27. The van der Waals surface area contributed by atoms with Gasteiger partial charge >= 0.3 is 0 Å². The Morgan fingerprint density at radius 2 is 1.82 bits per heavy atom. The Balaban J connectivity index is 1.20. The molecule has 0 spiro atoms. The Labute approximate surface area is 202 Å². The second-order valence-electron chi connectivity index (χ2n) is 9.30. The molecular weight excluding hydrogens is 448 g/mol. The van der Waals surface area contributed by atoms with E-state index in [2.05, 4.69) is 31.0 Å². The van der Waals surface area contributed by atoms with Crippen LogP contribution in [0.3, 0.4) is 0 Å². The molecule has 176 valence electrons. The van der Waals surface area contributed by atoms with Gasteiger partial charge in [-0.05, 0) is 80.7 Å². The average Bonchev–Trinajstić information content (AvgIpc) is 3.58. The molecule has 3 aliphatic heterocycles. The van der Waals surface area contributed by atoms with Crippen LogP contribution in [0.25, 0.3) is 0 Å². The van der Waals surface area contributed by atoms with Gasteiger partial charge in [-0.15, -0.1) is 0 Å². The normalized spacial score (nSPS) is 23.5. The van der Waals surface area contributed by atoms with E-state index in [1.165, 1.54) is 37.7 Å². The summed E-state index contributed by atoms with van der Waals surface area (Å²) in [6.07, 6.45) is 6.18. The molecule has 4 N–H and O–H groups in total. The molecule has 4 fully saturated rings. The molecule has 2 aromatic heterocycles. The van der Waals surface area contributed by atoms with E-state index in [9.17, 15) is 4.79 Å². The molecule has 0 radical (unpaired) electrons. The summed E-state index contributed by atoms with van der Waals surface area (Å²) in [4.78, 5) is 25.1. The Bertz CT molecular complexity index is 1140. The summed E-state index contributed by atoms with van der Waals surface area (Å²) in [6, 6.07) is 12.1. The van der Waals surface area contributed by atoms with Crippen molar-refractivity contribution in [1.29, 1.82) is 0 Å². The third-order valence-corrected chi connectivity index (χ3v) is 7.61. The molecule has 1 aromatic carbocycles. The van der Waals surface area contributed by atoms with Crippen LogP contribution in [0.1, 0.15) is 25.7 Å². The first-order valence-corrected chi connectivity index (χ1v) is 12.7. The monoisotopic (exact) mass is 476 g/mol. The number of hydrogen-bond donors (Lipinski definition) is 4. The molecule has 2 bridgehead atoms. The zero-order valence-electron chi connectivity index (χ0n) is 18.8. The maximum absolute atomic E-state index is 12.0. The summed E-state index contributed by atoms with van der Waals surface area (Å²) in [5, 5.41) is 17.5. The molecule has 4 aliphatic rings. The van der Waals surface area contributed by atoms with Gasteiger partial charge < -0.3 is 20.9 Å². The topological polar surface area (TPSA) is 111 Å². The van der Waals surface area contributed by atoms with Crippen LogP contribution >= 0.6 is 11.8 Å². The Morgan fingerprint density at radius 3 is 2.50 bits per heavy atom. The van der Waals surface area contributed by atoms with E-state index < -0.39 is 0 Å². The van der Waals surface area contributed by atoms with Crippen LogP contribution in [-0.2, 0) is 4.79 Å². The minimum atomic E-state index is 0.116. The largest absolute Gasteiger partial charge is 0.366 e. The van der Waals surface area contributed by atoms with Crippen molar-refractivity contribution in [2.75, 3.05) is 35.6 Å². The van der Waals surface area contributed by atoms with E-state index in [-0.39, 0.29) is 11.8 Å². The molecule has 1 unspecified atom stereocenters. The zero-order chi connectivity index (χ0) is 22.9. The number of amides is 1. The number of piperidine rings is 3. The Hall–Kier alpha value is -3.11. The van der Waals surface area contributed by atoms with Gasteiger partial charge in [-0.3, -0.25) is 9.89 Å². The number of benzene rings is 1. The van der Waals surface area contributed by atoms with Gasteiger partial charge in [-0.25, -0.2) is 9.97 Å². The highest BCUT2D eigenvalue weighted by atomic mass is 32.2. The van der Waals surface area contributed by atoms with E-state index in [0.717, 1.165) is 41.6 Å². The maximum atomic E-state index is 12.0. The zero-order valence-corrected chi connectivity index (χ0v) is 19.6. The van der Waals surface area contributed by atoms with Gasteiger partial charge in [-0.1, -0.05) is 0 Å².